The second-order valence-electron chi connectivity index (χ2n) is 4.44. The fourth-order valence-electron chi connectivity index (χ4n) is 1.77. The molecule has 1 aromatic rings. The summed E-state index contributed by atoms with van der Waals surface area (Å²) in [6.45, 7) is 8.40. The smallest absolute Gasteiger partial charge is 0.104 e. The van der Waals surface area contributed by atoms with E-state index in [1.54, 1.807) is 0 Å². The SMILES string of the molecule is Cc1ccc(C2CNC(C)C(C)CO2)s1. The molecule has 0 saturated carbocycles. The van der Waals surface area contributed by atoms with Crippen molar-refractivity contribution >= 4 is 11.3 Å². The first-order valence-electron chi connectivity index (χ1n) is 5.58. The van der Waals surface area contributed by atoms with E-state index in [-0.39, 0.29) is 6.10 Å². The molecule has 2 nitrogen and oxygen atoms in total. The first-order valence-corrected chi connectivity index (χ1v) is 6.40. The van der Waals surface area contributed by atoms with Gasteiger partial charge in [0.15, 0.2) is 0 Å². The van der Waals surface area contributed by atoms with Crippen molar-refractivity contribution in [1.29, 1.82) is 0 Å². The maximum absolute atomic E-state index is 5.93. The number of hydrogen-bond acceptors (Lipinski definition) is 3. The number of hydrogen-bond donors (Lipinski definition) is 1. The fraction of sp³-hybridized carbons (Fsp3) is 0.667. The van der Waals surface area contributed by atoms with Gasteiger partial charge in [0.25, 0.3) is 0 Å². The van der Waals surface area contributed by atoms with Crippen LogP contribution in [0.3, 0.4) is 0 Å². The molecule has 3 atom stereocenters. The standard InChI is InChI=1S/C12H19NOS/c1-8-7-14-11(6-13-10(8)3)12-5-4-9(2)15-12/h4-5,8,10-11,13H,6-7H2,1-3H3. The molecule has 0 bridgehead atoms. The first kappa shape index (κ1) is 11.1. The van der Waals surface area contributed by atoms with Gasteiger partial charge in [0, 0.05) is 22.3 Å². The average molecular weight is 225 g/mol. The molecule has 3 unspecified atom stereocenters. The highest BCUT2D eigenvalue weighted by atomic mass is 32.1. The van der Waals surface area contributed by atoms with Gasteiger partial charge in [-0.1, -0.05) is 6.92 Å². The molecular weight excluding hydrogens is 206 g/mol. The molecule has 0 radical (unpaired) electrons. The van der Waals surface area contributed by atoms with E-state index in [0.29, 0.717) is 12.0 Å². The quantitative estimate of drug-likeness (QED) is 0.793. The van der Waals surface area contributed by atoms with Crippen LogP contribution in [0.15, 0.2) is 12.1 Å². The minimum absolute atomic E-state index is 0.246. The predicted octanol–water partition coefficient (Wildman–Crippen LogP) is 2.74. The van der Waals surface area contributed by atoms with Crippen LogP contribution in [-0.4, -0.2) is 19.2 Å². The van der Waals surface area contributed by atoms with Crippen molar-refractivity contribution in [2.75, 3.05) is 13.2 Å². The molecular formula is C12H19NOS. The Bertz CT molecular complexity index is 311. The lowest BCUT2D eigenvalue weighted by atomic mass is 10.1. The Kier molecular flexibility index (Phi) is 3.44. The molecule has 0 aromatic carbocycles. The molecule has 84 valence electrons. The van der Waals surface area contributed by atoms with E-state index in [1.807, 2.05) is 11.3 Å². The van der Waals surface area contributed by atoms with E-state index < -0.39 is 0 Å². The summed E-state index contributed by atoms with van der Waals surface area (Å²) in [6.07, 6.45) is 0.246. The van der Waals surface area contributed by atoms with Crippen molar-refractivity contribution in [3.05, 3.63) is 21.9 Å². The summed E-state index contributed by atoms with van der Waals surface area (Å²) in [5, 5.41) is 3.53. The van der Waals surface area contributed by atoms with Crippen molar-refractivity contribution in [2.24, 2.45) is 5.92 Å². The van der Waals surface area contributed by atoms with Gasteiger partial charge in [-0.15, -0.1) is 11.3 Å². The van der Waals surface area contributed by atoms with Crippen molar-refractivity contribution in [3.63, 3.8) is 0 Å². The molecule has 0 spiro atoms. The van der Waals surface area contributed by atoms with Crippen LogP contribution in [0, 0.1) is 12.8 Å². The number of thiophene rings is 1. The van der Waals surface area contributed by atoms with Gasteiger partial charge in [-0.2, -0.15) is 0 Å². The van der Waals surface area contributed by atoms with Crippen LogP contribution in [-0.2, 0) is 4.74 Å². The summed E-state index contributed by atoms with van der Waals surface area (Å²) in [4.78, 5) is 2.71. The van der Waals surface area contributed by atoms with Crippen molar-refractivity contribution in [3.8, 4) is 0 Å². The molecule has 1 aliphatic heterocycles. The van der Waals surface area contributed by atoms with Crippen molar-refractivity contribution in [2.45, 2.75) is 32.9 Å². The number of nitrogens with one attached hydrogen (secondary N) is 1. The second-order valence-corrected chi connectivity index (χ2v) is 5.76. The highest BCUT2D eigenvalue weighted by Crippen LogP contribution is 2.27. The van der Waals surface area contributed by atoms with Crippen molar-refractivity contribution < 1.29 is 4.74 Å². The topological polar surface area (TPSA) is 21.3 Å². The molecule has 1 saturated heterocycles. The van der Waals surface area contributed by atoms with Gasteiger partial charge in [-0.05, 0) is 31.9 Å². The third-order valence-corrected chi connectivity index (χ3v) is 4.21. The highest BCUT2D eigenvalue weighted by Gasteiger charge is 2.23. The van der Waals surface area contributed by atoms with Gasteiger partial charge >= 0.3 is 0 Å². The summed E-state index contributed by atoms with van der Waals surface area (Å²) < 4.78 is 5.93. The van der Waals surface area contributed by atoms with E-state index in [4.69, 9.17) is 4.74 Å². The zero-order chi connectivity index (χ0) is 10.8. The lowest BCUT2D eigenvalue weighted by Gasteiger charge is -2.15. The zero-order valence-corrected chi connectivity index (χ0v) is 10.4. The number of aryl methyl sites for hydroxylation is 1. The molecule has 1 fully saturated rings. The van der Waals surface area contributed by atoms with Gasteiger partial charge in [0.1, 0.15) is 6.10 Å². The van der Waals surface area contributed by atoms with Crippen LogP contribution in [0.25, 0.3) is 0 Å². The summed E-state index contributed by atoms with van der Waals surface area (Å²) >= 11 is 1.84. The van der Waals surface area contributed by atoms with E-state index in [2.05, 4.69) is 38.2 Å². The lowest BCUT2D eigenvalue weighted by molar-refractivity contribution is 0.0518. The Balaban J connectivity index is 2.05. The summed E-state index contributed by atoms with van der Waals surface area (Å²) in [6, 6.07) is 4.91. The molecule has 15 heavy (non-hydrogen) atoms. The average Bonchev–Trinajstić information content (AvgIpc) is 2.56. The first-order chi connectivity index (χ1) is 7.16. The van der Waals surface area contributed by atoms with E-state index in [0.717, 1.165) is 13.2 Å². The molecule has 0 aliphatic carbocycles. The Morgan fingerprint density at radius 2 is 2.20 bits per heavy atom. The minimum atomic E-state index is 0.246. The molecule has 1 aromatic heterocycles. The summed E-state index contributed by atoms with van der Waals surface area (Å²) in [5.41, 5.74) is 0. The van der Waals surface area contributed by atoms with E-state index in [1.165, 1.54) is 9.75 Å². The summed E-state index contributed by atoms with van der Waals surface area (Å²) in [5.74, 6) is 0.594. The Morgan fingerprint density at radius 3 is 2.87 bits per heavy atom. The summed E-state index contributed by atoms with van der Waals surface area (Å²) in [7, 11) is 0. The van der Waals surface area contributed by atoms with E-state index >= 15 is 0 Å². The van der Waals surface area contributed by atoms with Crippen LogP contribution in [0.5, 0.6) is 0 Å². The largest absolute Gasteiger partial charge is 0.371 e. The van der Waals surface area contributed by atoms with Crippen LogP contribution in [0.2, 0.25) is 0 Å². The van der Waals surface area contributed by atoms with Gasteiger partial charge in [0.2, 0.25) is 0 Å². The van der Waals surface area contributed by atoms with Crippen LogP contribution in [0.1, 0.15) is 29.7 Å². The zero-order valence-electron chi connectivity index (χ0n) is 9.62. The molecule has 0 amide bonds. The minimum Gasteiger partial charge on any atom is -0.371 e. The van der Waals surface area contributed by atoms with Crippen LogP contribution < -0.4 is 5.32 Å². The second kappa shape index (κ2) is 4.64. The van der Waals surface area contributed by atoms with E-state index in [9.17, 15) is 0 Å². The monoisotopic (exact) mass is 225 g/mol. The molecule has 1 N–H and O–H groups in total. The van der Waals surface area contributed by atoms with Crippen LogP contribution in [0.4, 0.5) is 0 Å². The Labute approximate surface area is 95.6 Å². The normalized spacial score (nSPS) is 32.6. The lowest BCUT2D eigenvalue weighted by Crippen LogP contribution is -2.32. The maximum Gasteiger partial charge on any atom is 0.104 e. The molecule has 1 aliphatic rings. The third-order valence-electron chi connectivity index (χ3n) is 3.12. The maximum atomic E-state index is 5.93. The Morgan fingerprint density at radius 1 is 1.40 bits per heavy atom. The molecule has 2 rings (SSSR count). The molecule has 3 heteroatoms. The van der Waals surface area contributed by atoms with Gasteiger partial charge in [0.05, 0.1) is 6.61 Å². The highest BCUT2D eigenvalue weighted by molar-refractivity contribution is 7.12. The number of ether oxygens (including phenoxy) is 1. The Hall–Kier alpha value is -0.380. The molecule has 2 heterocycles. The predicted molar refractivity (Wildman–Crippen MR) is 64.4 cm³/mol. The van der Waals surface area contributed by atoms with Gasteiger partial charge < -0.3 is 10.1 Å². The van der Waals surface area contributed by atoms with Gasteiger partial charge in [-0.3, -0.25) is 0 Å². The fourth-order valence-corrected chi connectivity index (χ4v) is 2.70. The number of rotatable bonds is 1. The third kappa shape index (κ3) is 2.60. The van der Waals surface area contributed by atoms with Crippen molar-refractivity contribution in [1.82, 2.24) is 5.32 Å². The van der Waals surface area contributed by atoms with Crippen LogP contribution >= 0.6 is 11.3 Å². The van der Waals surface area contributed by atoms with Gasteiger partial charge in [-0.25, -0.2) is 0 Å².